The van der Waals surface area contributed by atoms with Crippen LogP contribution in [0.5, 0.6) is 0 Å². The van der Waals surface area contributed by atoms with Gasteiger partial charge < -0.3 is 16.2 Å². The van der Waals surface area contributed by atoms with Crippen molar-refractivity contribution in [1.82, 2.24) is 0 Å². The molecule has 0 aromatic heterocycles. The van der Waals surface area contributed by atoms with E-state index in [0.29, 0.717) is 16.9 Å². The van der Waals surface area contributed by atoms with E-state index >= 15 is 0 Å². The van der Waals surface area contributed by atoms with E-state index in [2.05, 4.69) is 5.32 Å². The van der Waals surface area contributed by atoms with Gasteiger partial charge in [0.1, 0.15) is 0 Å². The van der Waals surface area contributed by atoms with Crippen LogP contribution in [0.25, 0.3) is 0 Å². The lowest BCUT2D eigenvalue weighted by atomic mass is 9.79. The topological polar surface area (TPSA) is 58.3 Å². The minimum atomic E-state index is 0.289. The molecule has 2 unspecified atom stereocenters. The Morgan fingerprint density at radius 1 is 1.28 bits per heavy atom. The van der Waals surface area contributed by atoms with Gasteiger partial charge in [-0.25, -0.2) is 0 Å². The molecule has 1 aliphatic rings. The summed E-state index contributed by atoms with van der Waals surface area (Å²) in [5, 5.41) is 13.4. The molecule has 1 fully saturated rings. The zero-order valence-electron chi connectivity index (χ0n) is 10.5. The van der Waals surface area contributed by atoms with Crippen LogP contribution in [0.15, 0.2) is 18.2 Å². The summed E-state index contributed by atoms with van der Waals surface area (Å²) in [4.78, 5) is 0. The molecule has 0 amide bonds. The number of nitrogen functional groups attached to an aromatic ring is 1. The van der Waals surface area contributed by atoms with Crippen LogP contribution in [-0.4, -0.2) is 18.3 Å². The summed E-state index contributed by atoms with van der Waals surface area (Å²) in [5.74, 6) is 0.953. The van der Waals surface area contributed by atoms with E-state index < -0.39 is 0 Å². The van der Waals surface area contributed by atoms with E-state index in [4.69, 9.17) is 17.3 Å². The lowest BCUT2D eigenvalue weighted by Gasteiger charge is -2.30. The van der Waals surface area contributed by atoms with Crippen molar-refractivity contribution in [3.05, 3.63) is 23.2 Å². The molecular formula is C14H21ClN2O. The van der Waals surface area contributed by atoms with Crippen molar-refractivity contribution in [2.45, 2.75) is 25.7 Å². The number of anilines is 2. The Kier molecular flexibility index (Phi) is 4.72. The second-order valence-electron chi connectivity index (χ2n) is 5.10. The van der Waals surface area contributed by atoms with Gasteiger partial charge in [0.25, 0.3) is 0 Å². The molecule has 2 atom stereocenters. The van der Waals surface area contributed by atoms with Crippen LogP contribution in [0.1, 0.15) is 25.7 Å². The Morgan fingerprint density at radius 3 is 2.72 bits per heavy atom. The maximum absolute atomic E-state index is 9.38. The first-order valence-electron chi connectivity index (χ1n) is 6.60. The number of halogens is 1. The number of aliphatic hydroxyl groups is 1. The highest BCUT2D eigenvalue weighted by Crippen LogP contribution is 2.31. The second kappa shape index (κ2) is 6.30. The maximum atomic E-state index is 9.38. The average Bonchev–Trinajstić information content (AvgIpc) is 2.40. The van der Waals surface area contributed by atoms with Gasteiger partial charge in [0.2, 0.25) is 0 Å². The van der Waals surface area contributed by atoms with Crippen molar-refractivity contribution >= 4 is 23.0 Å². The fourth-order valence-electron chi connectivity index (χ4n) is 2.72. The molecule has 0 aliphatic heterocycles. The highest BCUT2D eigenvalue weighted by molar-refractivity contribution is 6.31. The average molecular weight is 269 g/mol. The first-order valence-corrected chi connectivity index (χ1v) is 6.98. The Labute approximate surface area is 113 Å². The van der Waals surface area contributed by atoms with Crippen LogP contribution < -0.4 is 11.1 Å². The van der Waals surface area contributed by atoms with E-state index in [1.54, 1.807) is 6.07 Å². The van der Waals surface area contributed by atoms with Crippen LogP contribution in [0.2, 0.25) is 5.02 Å². The molecule has 0 bridgehead atoms. The number of nitrogens with one attached hydrogen (secondary N) is 1. The van der Waals surface area contributed by atoms with E-state index in [1.165, 1.54) is 19.3 Å². The van der Waals surface area contributed by atoms with Crippen molar-refractivity contribution in [2.75, 3.05) is 24.2 Å². The molecule has 18 heavy (non-hydrogen) atoms. The van der Waals surface area contributed by atoms with Crippen molar-refractivity contribution in [3.8, 4) is 0 Å². The molecule has 1 aromatic rings. The number of nitrogens with two attached hydrogens (primary N) is 1. The Bertz CT molecular complexity index is 397. The van der Waals surface area contributed by atoms with E-state index in [1.807, 2.05) is 12.1 Å². The molecule has 1 aliphatic carbocycles. The highest BCUT2D eigenvalue weighted by Gasteiger charge is 2.24. The van der Waals surface area contributed by atoms with Crippen LogP contribution in [0.3, 0.4) is 0 Å². The van der Waals surface area contributed by atoms with E-state index in [0.717, 1.165) is 24.3 Å². The normalized spacial score (nSPS) is 23.9. The molecule has 4 N–H and O–H groups in total. The first-order chi connectivity index (χ1) is 8.70. The number of hydrogen-bond acceptors (Lipinski definition) is 3. The summed E-state index contributed by atoms with van der Waals surface area (Å²) in [7, 11) is 0. The molecule has 2 rings (SSSR count). The van der Waals surface area contributed by atoms with Gasteiger partial charge in [0.05, 0.1) is 11.4 Å². The summed E-state index contributed by atoms with van der Waals surface area (Å²) in [6, 6.07) is 5.46. The molecule has 0 saturated heterocycles. The number of rotatable bonds is 4. The molecule has 100 valence electrons. The molecule has 1 saturated carbocycles. The van der Waals surface area contributed by atoms with Gasteiger partial charge in [-0.2, -0.15) is 0 Å². The van der Waals surface area contributed by atoms with Gasteiger partial charge in [0, 0.05) is 18.2 Å². The summed E-state index contributed by atoms with van der Waals surface area (Å²) in [6.45, 7) is 1.15. The van der Waals surface area contributed by atoms with Crippen molar-refractivity contribution < 1.29 is 5.11 Å². The third-order valence-corrected chi connectivity index (χ3v) is 4.11. The van der Waals surface area contributed by atoms with Crippen LogP contribution in [0.4, 0.5) is 11.4 Å². The maximum Gasteiger partial charge on any atom is 0.0588 e. The van der Waals surface area contributed by atoms with Gasteiger partial charge in [-0.15, -0.1) is 0 Å². The summed E-state index contributed by atoms with van der Waals surface area (Å²) in [5.41, 5.74) is 7.51. The van der Waals surface area contributed by atoms with Crippen molar-refractivity contribution in [2.24, 2.45) is 11.8 Å². The standard InChI is InChI=1S/C14H21ClN2O/c15-12-5-6-13(16)14(7-12)17-8-10-3-1-2-4-11(10)9-18/h5-7,10-11,17-18H,1-4,8-9,16H2. The van der Waals surface area contributed by atoms with Gasteiger partial charge in [-0.05, 0) is 42.9 Å². The lowest BCUT2D eigenvalue weighted by Crippen LogP contribution is -2.28. The van der Waals surface area contributed by atoms with E-state index in [9.17, 15) is 5.11 Å². The Hall–Kier alpha value is -0.930. The molecule has 0 heterocycles. The zero-order chi connectivity index (χ0) is 13.0. The fourth-order valence-corrected chi connectivity index (χ4v) is 2.89. The smallest absolute Gasteiger partial charge is 0.0588 e. The fraction of sp³-hybridized carbons (Fsp3) is 0.571. The minimum Gasteiger partial charge on any atom is -0.397 e. The summed E-state index contributed by atoms with van der Waals surface area (Å²) >= 11 is 5.96. The third-order valence-electron chi connectivity index (χ3n) is 3.87. The number of benzene rings is 1. The predicted octanol–water partition coefficient (Wildman–Crippen LogP) is 3.13. The predicted molar refractivity (Wildman–Crippen MR) is 76.9 cm³/mol. The Balaban J connectivity index is 1.95. The number of aliphatic hydroxyl groups excluding tert-OH is 1. The van der Waals surface area contributed by atoms with Crippen LogP contribution >= 0.6 is 11.6 Å². The summed E-state index contributed by atoms with van der Waals surface area (Å²) in [6.07, 6.45) is 4.81. The summed E-state index contributed by atoms with van der Waals surface area (Å²) < 4.78 is 0. The van der Waals surface area contributed by atoms with Crippen LogP contribution in [-0.2, 0) is 0 Å². The van der Waals surface area contributed by atoms with Crippen LogP contribution in [0, 0.1) is 11.8 Å². The zero-order valence-corrected chi connectivity index (χ0v) is 11.3. The lowest BCUT2D eigenvalue weighted by molar-refractivity contribution is 0.141. The largest absolute Gasteiger partial charge is 0.397 e. The molecule has 0 spiro atoms. The molecule has 4 heteroatoms. The monoisotopic (exact) mass is 268 g/mol. The Morgan fingerprint density at radius 2 is 2.00 bits per heavy atom. The highest BCUT2D eigenvalue weighted by atomic mass is 35.5. The van der Waals surface area contributed by atoms with Gasteiger partial charge in [0.15, 0.2) is 0 Å². The quantitative estimate of drug-likeness (QED) is 0.736. The molecule has 3 nitrogen and oxygen atoms in total. The third kappa shape index (κ3) is 3.30. The molecular weight excluding hydrogens is 248 g/mol. The van der Waals surface area contributed by atoms with Gasteiger partial charge in [-0.3, -0.25) is 0 Å². The number of hydrogen-bond donors (Lipinski definition) is 3. The first kappa shape index (κ1) is 13.5. The van der Waals surface area contributed by atoms with Crippen molar-refractivity contribution in [1.29, 1.82) is 0 Å². The van der Waals surface area contributed by atoms with E-state index in [-0.39, 0.29) is 6.61 Å². The SMILES string of the molecule is Nc1ccc(Cl)cc1NCC1CCCCC1CO. The van der Waals surface area contributed by atoms with Gasteiger partial charge in [-0.1, -0.05) is 24.4 Å². The second-order valence-corrected chi connectivity index (χ2v) is 5.54. The molecule has 0 radical (unpaired) electrons. The molecule has 1 aromatic carbocycles. The van der Waals surface area contributed by atoms with Gasteiger partial charge >= 0.3 is 0 Å². The van der Waals surface area contributed by atoms with Crippen molar-refractivity contribution in [3.63, 3.8) is 0 Å². The minimum absolute atomic E-state index is 0.289.